The number of rotatable bonds is 12. The molecule has 0 bridgehead atoms. The number of benzene rings is 1. The molecular weight excluding hydrogens is 546 g/mol. The van der Waals surface area contributed by atoms with E-state index in [1.807, 2.05) is 38.1 Å². The van der Waals surface area contributed by atoms with Crippen LogP contribution in [0.1, 0.15) is 81.0 Å². The molecule has 1 aromatic carbocycles. The standard InChI is InChI=1S/C30H39N3O7S/c1-17(2)39-22-9-7-6-8-21(22)23(40-20-12-10-19(34)11-13-20)16-32-28-24(26(35)33-30(4,5)29(36)37)18(3)25(41-28)27-31-14-15-38-27/h6-9,14-15,17,19-20,23,32,34H,10-13,16H2,1-5H3,(H,33,35)(H,36,37)/t19?,20?,23-/m0/s1. The van der Waals surface area contributed by atoms with Gasteiger partial charge in [0.05, 0.1) is 34.9 Å². The van der Waals surface area contributed by atoms with Gasteiger partial charge >= 0.3 is 5.97 Å². The van der Waals surface area contributed by atoms with Crippen LogP contribution in [0.2, 0.25) is 0 Å². The van der Waals surface area contributed by atoms with Crippen LogP contribution in [-0.2, 0) is 9.53 Å². The number of aliphatic hydroxyl groups excluding tert-OH is 1. The maximum atomic E-state index is 13.5. The number of aromatic nitrogens is 1. The van der Waals surface area contributed by atoms with Crippen LogP contribution >= 0.6 is 11.3 Å². The van der Waals surface area contributed by atoms with Crippen LogP contribution in [0.15, 0.2) is 41.1 Å². The number of nitrogens with zero attached hydrogens (tertiary/aromatic N) is 1. The van der Waals surface area contributed by atoms with E-state index in [1.54, 1.807) is 6.92 Å². The minimum Gasteiger partial charge on any atom is -0.491 e. The molecule has 1 amide bonds. The van der Waals surface area contributed by atoms with E-state index in [0.717, 1.165) is 18.4 Å². The maximum absolute atomic E-state index is 13.5. The first-order valence-electron chi connectivity index (χ1n) is 13.9. The summed E-state index contributed by atoms with van der Waals surface area (Å²) in [5, 5.41) is 26.2. The molecule has 0 saturated heterocycles. The molecule has 2 aromatic heterocycles. The third-order valence-electron chi connectivity index (χ3n) is 7.04. The Kier molecular flexibility index (Phi) is 9.72. The molecule has 10 nitrogen and oxygen atoms in total. The van der Waals surface area contributed by atoms with Gasteiger partial charge in [-0.2, -0.15) is 0 Å². The second-order valence-electron chi connectivity index (χ2n) is 11.1. The van der Waals surface area contributed by atoms with Gasteiger partial charge in [-0.3, -0.25) is 4.79 Å². The van der Waals surface area contributed by atoms with Crippen molar-refractivity contribution in [3.8, 4) is 16.5 Å². The van der Waals surface area contributed by atoms with Crippen LogP contribution in [0, 0.1) is 6.92 Å². The third kappa shape index (κ3) is 7.46. The van der Waals surface area contributed by atoms with Crippen LogP contribution in [0.5, 0.6) is 5.75 Å². The fraction of sp³-hybridized carbons (Fsp3) is 0.500. The largest absolute Gasteiger partial charge is 0.491 e. The number of aliphatic carboxylic acids is 1. The van der Waals surface area contributed by atoms with Crippen LogP contribution < -0.4 is 15.4 Å². The molecule has 1 aliphatic rings. The summed E-state index contributed by atoms with van der Waals surface area (Å²) in [6, 6.07) is 7.74. The molecule has 0 spiro atoms. The van der Waals surface area contributed by atoms with E-state index in [4.69, 9.17) is 13.9 Å². The van der Waals surface area contributed by atoms with Crippen LogP contribution in [0.4, 0.5) is 5.00 Å². The zero-order valence-electron chi connectivity index (χ0n) is 24.1. The highest BCUT2D eigenvalue weighted by Crippen LogP contribution is 2.41. The fourth-order valence-corrected chi connectivity index (χ4v) is 5.94. The Balaban J connectivity index is 1.67. The summed E-state index contributed by atoms with van der Waals surface area (Å²) in [4.78, 5) is 30.2. The van der Waals surface area contributed by atoms with Crippen molar-refractivity contribution in [3.05, 3.63) is 53.4 Å². The van der Waals surface area contributed by atoms with Gasteiger partial charge in [0.25, 0.3) is 5.91 Å². The number of carboxylic acids is 1. The lowest BCUT2D eigenvalue weighted by molar-refractivity contribution is -0.143. The predicted molar refractivity (Wildman–Crippen MR) is 157 cm³/mol. The Morgan fingerprint density at radius 2 is 1.90 bits per heavy atom. The number of nitrogens with one attached hydrogen (secondary N) is 2. The molecule has 0 unspecified atom stereocenters. The minimum absolute atomic E-state index is 0.0363. The molecular formula is C30H39N3O7S. The van der Waals surface area contributed by atoms with Crippen molar-refractivity contribution in [1.29, 1.82) is 0 Å². The number of thiophene rings is 1. The first-order chi connectivity index (χ1) is 19.5. The number of aliphatic hydroxyl groups is 1. The van der Waals surface area contributed by atoms with Crippen LogP contribution in [0.3, 0.4) is 0 Å². The van der Waals surface area contributed by atoms with Crippen molar-refractivity contribution < 1.29 is 33.7 Å². The summed E-state index contributed by atoms with van der Waals surface area (Å²) in [5.74, 6) is -0.576. The highest BCUT2D eigenvalue weighted by molar-refractivity contribution is 7.20. The summed E-state index contributed by atoms with van der Waals surface area (Å²) >= 11 is 1.31. The van der Waals surface area contributed by atoms with Crippen molar-refractivity contribution in [2.24, 2.45) is 0 Å². The average Bonchev–Trinajstić information content (AvgIpc) is 3.55. The summed E-state index contributed by atoms with van der Waals surface area (Å²) in [6.45, 7) is 8.91. The molecule has 3 aromatic rings. The second kappa shape index (κ2) is 13.1. The molecule has 1 fully saturated rings. The number of oxazole rings is 1. The van der Waals surface area contributed by atoms with Crippen molar-refractivity contribution in [2.75, 3.05) is 11.9 Å². The van der Waals surface area contributed by atoms with Crippen LogP contribution in [-0.4, -0.2) is 57.5 Å². The SMILES string of the molecule is Cc1c(-c2ncco2)sc(NC[C@H](OC2CCC(O)CC2)c2ccccc2OC(C)C)c1C(=O)NC(C)(C)C(=O)O. The van der Waals surface area contributed by atoms with Gasteiger partial charge in [0.2, 0.25) is 5.89 Å². The Labute approximate surface area is 244 Å². The molecule has 1 aliphatic carbocycles. The summed E-state index contributed by atoms with van der Waals surface area (Å²) in [7, 11) is 0. The first-order valence-corrected chi connectivity index (χ1v) is 14.7. The topological polar surface area (TPSA) is 143 Å². The van der Waals surface area contributed by atoms with E-state index >= 15 is 0 Å². The lowest BCUT2D eigenvalue weighted by Gasteiger charge is -2.31. The van der Waals surface area contributed by atoms with Crippen molar-refractivity contribution in [1.82, 2.24) is 10.3 Å². The Morgan fingerprint density at radius 3 is 2.54 bits per heavy atom. The van der Waals surface area contributed by atoms with Gasteiger partial charge in [0, 0.05) is 12.1 Å². The number of hydrogen-bond acceptors (Lipinski definition) is 9. The van der Waals surface area contributed by atoms with E-state index in [-0.39, 0.29) is 18.3 Å². The van der Waals surface area contributed by atoms with Gasteiger partial charge in [0.15, 0.2) is 0 Å². The molecule has 4 N–H and O–H groups in total. The molecule has 4 rings (SSSR count). The number of carboxylic acid groups (broad SMARTS) is 1. The second-order valence-corrected chi connectivity index (χ2v) is 12.1. The molecule has 11 heteroatoms. The van der Waals surface area contributed by atoms with E-state index in [1.165, 1.54) is 37.6 Å². The lowest BCUT2D eigenvalue weighted by Crippen LogP contribution is -2.49. The number of ether oxygens (including phenoxy) is 2. The number of carbonyl (C=O) groups is 2. The van der Waals surface area contributed by atoms with Gasteiger partial charge in [0.1, 0.15) is 28.7 Å². The molecule has 1 saturated carbocycles. The van der Waals surface area contributed by atoms with Gasteiger partial charge < -0.3 is 34.7 Å². The number of carbonyl (C=O) groups excluding carboxylic acids is 1. The lowest BCUT2D eigenvalue weighted by atomic mass is 9.94. The maximum Gasteiger partial charge on any atom is 0.328 e. The van der Waals surface area contributed by atoms with E-state index in [9.17, 15) is 19.8 Å². The average molecular weight is 586 g/mol. The number of para-hydroxylation sites is 1. The van der Waals surface area contributed by atoms with Crippen LogP contribution in [0.25, 0.3) is 10.8 Å². The summed E-state index contributed by atoms with van der Waals surface area (Å²) in [6.07, 6.45) is 5.05. The van der Waals surface area contributed by atoms with Gasteiger partial charge in [-0.1, -0.05) is 18.2 Å². The Bertz CT molecular complexity index is 1330. The summed E-state index contributed by atoms with van der Waals surface area (Å²) in [5.41, 5.74) is 0.347. The number of hydrogen-bond donors (Lipinski definition) is 4. The Morgan fingerprint density at radius 1 is 1.20 bits per heavy atom. The Hall–Kier alpha value is -3.41. The molecule has 0 radical (unpaired) electrons. The predicted octanol–water partition coefficient (Wildman–Crippen LogP) is 5.57. The quantitative estimate of drug-likeness (QED) is 0.215. The van der Waals surface area contributed by atoms with Crippen molar-refractivity contribution >= 4 is 28.2 Å². The third-order valence-corrected chi connectivity index (χ3v) is 8.28. The number of amides is 1. The van der Waals surface area contributed by atoms with E-state index < -0.39 is 23.5 Å². The first kappa shape index (κ1) is 30.5. The van der Waals surface area contributed by atoms with E-state index in [2.05, 4.69) is 15.6 Å². The van der Waals surface area contributed by atoms with Gasteiger partial charge in [-0.15, -0.1) is 11.3 Å². The smallest absolute Gasteiger partial charge is 0.328 e. The molecule has 0 aliphatic heterocycles. The highest BCUT2D eigenvalue weighted by Gasteiger charge is 2.33. The minimum atomic E-state index is -1.48. The molecule has 2 heterocycles. The highest BCUT2D eigenvalue weighted by atomic mass is 32.1. The monoisotopic (exact) mass is 585 g/mol. The van der Waals surface area contributed by atoms with Gasteiger partial charge in [-0.05, 0) is 71.9 Å². The van der Waals surface area contributed by atoms with Crippen molar-refractivity contribution in [2.45, 2.75) is 90.3 Å². The van der Waals surface area contributed by atoms with E-state index in [0.29, 0.717) is 52.0 Å². The molecule has 41 heavy (non-hydrogen) atoms. The zero-order chi connectivity index (χ0) is 29.7. The zero-order valence-corrected chi connectivity index (χ0v) is 24.9. The van der Waals surface area contributed by atoms with Gasteiger partial charge in [-0.25, -0.2) is 9.78 Å². The van der Waals surface area contributed by atoms with Crippen molar-refractivity contribution in [3.63, 3.8) is 0 Å². The molecule has 1 atom stereocenters. The molecule has 222 valence electrons. The normalized spacial score (nSPS) is 18.2. The number of anilines is 1. The summed E-state index contributed by atoms with van der Waals surface area (Å²) < 4.78 is 18.3. The fourth-order valence-electron chi connectivity index (χ4n) is 4.79.